The van der Waals surface area contributed by atoms with Crippen LogP contribution >= 0.6 is 23.2 Å². The van der Waals surface area contributed by atoms with E-state index in [2.05, 4.69) is 43.6 Å². The van der Waals surface area contributed by atoms with Gasteiger partial charge in [-0.25, -0.2) is 8.78 Å². The molecule has 1 fully saturated rings. The van der Waals surface area contributed by atoms with Crippen molar-refractivity contribution in [1.82, 2.24) is 15.5 Å². The molecule has 3 unspecified atom stereocenters. The molecule has 3 rings (SSSR count). The predicted octanol–water partition coefficient (Wildman–Crippen LogP) is 5.70. The molecule has 3 atom stereocenters. The van der Waals surface area contributed by atoms with Crippen LogP contribution in [0.25, 0.3) is 0 Å². The smallest absolute Gasteiger partial charge is 0.211 e. The average molecular weight is 620 g/mol. The number of likely N-dealkylation sites (N-methyl/N-ethyl adjacent to an activating group) is 1. The summed E-state index contributed by atoms with van der Waals surface area (Å²) in [5, 5.41) is 18.1. The van der Waals surface area contributed by atoms with Crippen LogP contribution in [0.4, 0.5) is 14.5 Å². The number of carbonyl (C=O) groups excluding carboxylic acids is 2. The quantitative estimate of drug-likeness (QED) is 0.270. The Morgan fingerprint density at radius 2 is 1.63 bits per heavy atom. The van der Waals surface area contributed by atoms with Crippen molar-refractivity contribution in [2.45, 2.75) is 52.1 Å². The number of rotatable bonds is 9. The SMILES string of the molecule is C=O.CC(C)(C)C.CNCCC(O)CN(C)C.O=CNc1cc(Cl)c(F)cc1C1CNCC1c1ccc(F)c(Cl)c1. The van der Waals surface area contributed by atoms with Crippen molar-refractivity contribution in [3.8, 4) is 0 Å². The van der Waals surface area contributed by atoms with Gasteiger partial charge in [0.25, 0.3) is 0 Å². The Kier molecular flexibility index (Phi) is 18.8. The van der Waals surface area contributed by atoms with Gasteiger partial charge in [0.15, 0.2) is 0 Å². The van der Waals surface area contributed by atoms with E-state index in [9.17, 15) is 18.7 Å². The fraction of sp³-hybridized carbons (Fsp3) is 0.533. The minimum Gasteiger partial charge on any atom is -0.392 e. The molecule has 1 amide bonds. The van der Waals surface area contributed by atoms with E-state index in [4.69, 9.17) is 28.0 Å². The molecule has 1 aliphatic heterocycles. The molecule has 41 heavy (non-hydrogen) atoms. The van der Waals surface area contributed by atoms with E-state index in [1.807, 2.05) is 32.8 Å². The monoisotopic (exact) mass is 618 g/mol. The Hall–Kier alpha value is -2.14. The van der Waals surface area contributed by atoms with Gasteiger partial charge < -0.3 is 30.8 Å². The molecule has 0 radical (unpaired) electrons. The van der Waals surface area contributed by atoms with E-state index in [0.717, 1.165) is 25.1 Å². The highest BCUT2D eigenvalue weighted by Crippen LogP contribution is 2.41. The molecule has 0 aromatic heterocycles. The molecule has 1 saturated heterocycles. The van der Waals surface area contributed by atoms with E-state index in [1.165, 1.54) is 18.2 Å². The topological polar surface area (TPSA) is 93.7 Å². The fourth-order valence-electron chi connectivity index (χ4n) is 3.98. The van der Waals surface area contributed by atoms with Crippen LogP contribution in [0.15, 0.2) is 30.3 Å². The molecule has 0 spiro atoms. The summed E-state index contributed by atoms with van der Waals surface area (Å²) in [4.78, 5) is 20.8. The van der Waals surface area contributed by atoms with Crippen molar-refractivity contribution < 1.29 is 23.5 Å². The van der Waals surface area contributed by atoms with E-state index in [-0.39, 0.29) is 28.0 Å². The molecule has 232 valence electrons. The van der Waals surface area contributed by atoms with E-state index < -0.39 is 11.6 Å². The number of nitrogens with one attached hydrogen (secondary N) is 3. The highest BCUT2D eigenvalue weighted by atomic mass is 35.5. The number of aliphatic hydroxyl groups is 1. The van der Waals surface area contributed by atoms with Gasteiger partial charge in [-0.05, 0) is 74.9 Å². The summed E-state index contributed by atoms with van der Waals surface area (Å²) in [7, 11) is 5.81. The molecule has 0 aliphatic carbocycles. The number of benzene rings is 2. The third-order valence-corrected chi connectivity index (χ3v) is 6.18. The minimum atomic E-state index is -0.550. The van der Waals surface area contributed by atoms with Gasteiger partial charge in [-0.15, -0.1) is 0 Å². The molecular formula is C30H46Cl2F2N4O3. The first-order chi connectivity index (χ1) is 19.2. The van der Waals surface area contributed by atoms with Gasteiger partial charge >= 0.3 is 0 Å². The fourth-order valence-corrected chi connectivity index (χ4v) is 4.33. The Labute approximate surface area is 254 Å². The Morgan fingerprint density at radius 1 is 1.07 bits per heavy atom. The molecule has 1 heterocycles. The highest BCUT2D eigenvalue weighted by molar-refractivity contribution is 6.31. The van der Waals surface area contributed by atoms with E-state index in [1.54, 1.807) is 12.1 Å². The van der Waals surface area contributed by atoms with E-state index >= 15 is 0 Å². The molecule has 2 aromatic carbocycles. The van der Waals surface area contributed by atoms with E-state index in [0.29, 0.717) is 36.2 Å². The number of nitrogens with zero attached hydrogens (tertiary/aromatic N) is 1. The lowest BCUT2D eigenvalue weighted by Crippen LogP contribution is -2.28. The first kappa shape index (κ1) is 38.9. The molecule has 4 N–H and O–H groups in total. The predicted molar refractivity (Wildman–Crippen MR) is 166 cm³/mol. The number of hydrogen-bond donors (Lipinski definition) is 4. The van der Waals surface area contributed by atoms with Gasteiger partial charge in [-0.2, -0.15) is 0 Å². The number of halogens is 4. The van der Waals surface area contributed by atoms with Crippen LogP contribution in [0.3, 0.4) is 0 Å². The van der Waals surface area contributed by atoms with Crippen molar-refractivity contribution in [3.05, 3.63) is 63.1 Å². The average Bonchev–Trinajstić information content (AvgIpc) is 3.37. The Bertz CT molecular complexity index is 1050. The second kappa shape index (κ2) is 19.9. The summed E-state index contributed by atoms with van der Waals surface area (Å²) >= 11 is 11.7. The number of amides is 1. The Morgan fingerprint density at radius 3 is 2.15 bits per heavy atom. The first-order valence-corrected chi connectivity index (χ1v) is 14.0. The third-order valence-electron chi connectivity index (χ3n) is 5.60. The number of anilines is 1. The van der Waals surface area contributed by atoms with Crippen LogP contribution < -0.4 is 16.0 Å². The lowest BCUT2D eigenvalue weighted by molar-refractivity contribution is -0.105. The van der Waals surface area contributed by atoms with Crippen molar-refractivity contribution in [2.24, 2.45) is 5.41 Å². The highest BCUT2D eigenvalue weighted by Gasteiger charge is 2.32. The van der Waals surface area contributed by atoms with Gasteiger partial charge in [0, 0.05) is 37.2 Å². The largest absolute Gasteiger partial charge is 0.392 e. The number of aliphatic hydroxyl groups excluding tert-OH is 1. The van der Waals surface area contributed by atoms with Crippen LogP contribution in [0.2, 0.25) is 10.0 Å². The van der Waals surface area contributed by atoms with Crippen molar-refractivity contribution >= 4 is 42.1 Å². The lowest BCUT2D eigenvalue weighted by Gasteiger charge is -2.22. The number of hydrogen-bond acceptors (Lipinski definition) is 6. The molecule has 1 aliphatic rings. The van der Waals surface area contributed by atoms with Gasteiger partial charge in [0.05, 0.1) is 16.1 Å². The summed E-state index contributed by atoms with van der Waals surface area (Å²) in [6.07, 6.45) is 1.16. The van der Waals surface area contributed by atoms with Crippen LogP contribution in [-0.4, -0.2) is 76.6 Å². The zero-order valence-corrected chi connectivity index (χ0v) is 26.7. The number of carbonyl (C=O) groups is 2. The summed E-state index contributed by atoms with van der Waals surface area (Å²) in [5.41, 5.74) is 2.45. The zero-order chi connectivity index (χ0) is 31.8. The maximum Gasteiger partial charge on any atom is 0.211 e. The van der Waals surface area contributed by atoms with Crippen molar-refractivity contribution in [1.29, 1.82) is 0 Å². The first-order valence-electron chi connectivity index (χ1n) is 13.3. The zero-order valence-electron chi connectivity index (χ0n) is 25.2. The van der Waals surface area contributed by atoms with Crippen molar-refractivity contribution in [2.75, 3.05) is 52.6 Å². The van der Waals surface area contributed by atoms with Gasteiger partial charge in [0.2, 0.25) is 6.41 Å². The minimum absolute atomic E-state index is 0.0316. The van der Waals surface area contributed by atoms with Crippen LogP contribution in [0.1, 0.15) is 57.1 Å². The second-order valence-electron chi connectivity index (χ2n) is 11.5. The van der Waals surface area contributed by atoms with Crippen LogP contribution in [0, 0.1) is 17.0 Å². The van der Waals surface area contributed by atoms with Crippen molar-refractivity contribution in [3.63, 3.8) is 0 Å². The summed E-state index contributed by atoms with van der Waals surface area (Å²) in [6, 6.07) is 7.31. The summed E-state index contributed by atoms with van der Waals surface area (Å²) < 4.78 is 27.4. The lowest BCUT2D eigenvalue weighted by atomic mass is 9.83. The summed E-state index contributed by atoms with van der Waals surface area (Å²) in [6.45, 7) is 13.6. The normalized spacial score (nSPS) is 16.8. The Balaban J connectivity index is 0.000000783. The van der Waals surface area contributed by atoms with Crippen LogP contribution in [-0.2, 0) is 9.59 Å². The third kappa shape index (κ3) is 15.6. The molecule has 2 aromatic rings. The maximum absolute atomic E-state index is 14.0. The molecule has 0 saturated carbocycles. The van der Waals surface area contributed by atoms with Crippen LogP contribution in [0.5, 0.6) is 0 Å². The maximum atomic E-state index is 14.0. The molecule has 0 bridgehead atoms. The standard InChI is InChI=1S/C17H14Cl2F2N2O.C7H18N2O.C5H12.CH2O/c18-13-3-9(1-2-15(13)20)11-6-22-7-12(11)10-4-16(21)14(19)5-17(10)23-8-24;1-8-5-4-7(10)6-9(2)3;1-5(2,3)4;1-2/h1-5,8,11-12,22H,6-7H2,(H,23,24);7-8,10H,4-6H2,1-3H3;1-4H3;1H2. The second-order valence-corrected chi connectivity index (χ2v) is 12.3. The molecule has 11 heteroatoms. The van der Waals surface area contributed by atoms with Gasteiger partial charge in [0.1, 0.15) is 18.4 Å². The van der Waals surface area contributed by atoms with Gasteiger partial charge in [-0.3, -0.25) is 4.79 Å². The summed E-state index contributed by atoms with van der Waals surface area (Å²) in [5.74, 6) is -1.17. The molecular weight excluding hydrogens is 573 g/mol. The molecule has 7 nitrogen and oxygen atoms in total. The van der Waals surface area contributed by atoms with Gasteiger partial charge in [-0.1, -0.05) is 57.0 Å².